The lowest BCUT2D eigenvalue weighted by Gasteiger charge is -2.25. The highest BCUT2D eigenvalue weighted by Gasteiger charge is 2.18. The van der Waals surface area contributed by atoms with Crippen LogP contribution in [0.5, 0.6) is 0 Å². The summed E-state index contributed by atoms with van der Waals surface area (Å²) in [4.78, 5) is 14.3. The predicted octanol–water partition coefficient (Wildman–Crippen LogP) is 1.43. The van der Waals surface area contributed by atoms with Gasteiger partial charge in [-0.25, -0.2) is 0 Å². The number of rotatable bonds is 8. The van der Waals surface area contributed by atoms with E-state index in [0.29, 0.717) is 31.1 Å². The van der Waals surface area contributed by atoms with Crippen molar-refractivity contribution in [1.82, 2.24) is 4.90 Å². The summed E-state index contributed by atoms with van der Waals surface area (Å²) in [6, 6.07) is 0. The van der Waals surface area contributed by atoms with Crippen LogP contribution in [0, 0.1) is 11.8 Å². The van der Waals surface area contributed by atoms with Gasteiger partial charge in [-0.15, -0.1) is 0 Å². The maximum Gasteiger partial charge on any atom is 0.222 e. The van der Waals surface area contributed by atoms with Crippen LogP contribution in [0.1, 0.15) is 27.2 Å². The molecular weight excluding hydrogens is 236 g/mol. The molecule has 100 valence electrons. The third-order valence-electron chi connectivity index (χ3n) is 2.69. The van der Waals surface area contributed by atoms with Crippen molar-refractivity contribution >= 4 is 23.1 Å². The quantitative estimate of drug-likeness (QED) is 0.671. The highest BCUT2D eigenvalue weighted by atomic mass is 32.1. The average molecular weight is 260 g/mol. The molecule has 17 heavy (non-hydrogen) atoms. The summed E-state index contributed by atoms with van der Waals surface area (Å²) in [5, 5.41) is 0. The van der Waals surface area contributed by atoms with E-state index in [1.54, 1.807) is 12.0 Å². The molecule has 0 radical (unpaired) electrons. The minimum absolute atomic E-state index is 0.0617. The van der Waals surface area contributed by atoms with E-state index in [-0.39, 0.29) is 17.7 Å². The fraction of sp³-hybridized carbons (Fsp3) is 0.833. The highest BCUT2D eigenvalue weighted by molar-refractivity contribution is 7.80. The Hall–Kier alpha value is -0.680. The first-order valence-corrected chi connectivity index (χ1v) is 6.39. The molecule has 4 nitrogen and oxygen atoms in total. The van der Waals surface area contributed by atoms with Gasteiger partial charge in [-0.3, -0.25) is 4.79 Å². The van der Waals surface area contributed by atoms with Gasteiger partial charge in [-0.1, -0.05) is 26.1 Å². The Morgan fingerprint density at radius 3 is 2.47 bits per heavy atom. The molecule has 0 saturated carbocycles. The van der Waals surface area contributed by atoms with Gasteiger partial charge in [0, 0.05) is 39.1 Å². The zero-order valence-corrected chi connectivity index (χ0v) is 12.0. The molecule has 0 rings (SSSR count). The van der Waals surface area contributed by atoms with E-state index in [1.807, 2.05) is 20.8 Å². The van der Waals surface area contributed by atoms with E-state index in [9.17, 15) is 4.79 Å². The third-order valence-corrected chi connectivity index (χ3v) is 3.09. The summed E-state index contributed by atoms with van der Waals surface area (Å²) < 4.78 is 5.03. The molecule has 0 aromatic heterocycles. The van der Waals surface area contributed by atoms with Gasteiger partial charge in [0.1, 0.15) is 0 Å². The van der Waals surface area contributed by atoms with E-state index in [2.05, 4.69) is 0 Å². The molecule has 2 unspecified atom stereocenters. The summed E-state index contributed by atoms with van der Waals surface area (Å²) in [5.41, 5.74) is 5.56. The van der Waals surface area contributed by atoms with Gasteiger partial charge in [0.15, 0.2) is 0 Å². The van der Waals surface area contributed by atoms with Gasteiger partial charge in [0.05, 0.1) is 4.99 Å². The average Bonchev–Trinajstić information content (AvgIpc) is 2.25. The third kappa shape index (κ3) is 6.58. The Balaban J connectivity index is 4.25. The van der Waals surface area contributed by atoms with Crippen LogP contribution in [0.3, 0.4) is 0 Å². The first kappa shape index (κ1) is 16.3. The normalized spacial score (nSPS) is 14.1. The van der Waals surface area contributed by atoms with Crippen LogP contribution < -0.4 is 5.73 Å². The van der Waals surface area contributed by atoms with Crippen molar-refractivity contribution in [2.75, 3.05) is 26.8 Å². The van der Waals surface area contributed by atoms with Gasteiger partial charge in [-0.05, 0) is 12.8 Å². The minimum atomic E-state index is 0.0617. The van der Waals surface area contributed by atoms with E-state index in [1.165, 1.54) is 0 Å². The molecular formula is C12H24N2O2S. The summed E-state index contributed by atoms with van der Waals surface area (Å²) in [5.74, 6) is 0.438. The fourth-order valence-corrected chi connectivity index (χ4v) is 1.67. The zero-order chi connectivity index (χ0) is 13.4. The molecule has 0 aliphatic heterocycles. The standard InChI is InChI=1S/C12H24N2O2S/c1-5-14(7-10(3)12(13)17)11(15)6-9(2)8-16-4/h9-10H,5-8H2,1-4H3,(H2,13,17). The molecule has 1 amide bonds. The van der Waals surface area contributed by atoms with Crippen LogP contribution in [0.2, 0.25) is 0 Å². The highest BCUT2D eigenvalue weighted by Crippen LogP contribution is 2.08. The Kier molecular flexibility index (Phi) is 8.08. The van der Waals surface area contributed by atoms with Crippen molar-refractivity contribution in [3.63, 3.8) is 0 Å². The molecule has 0 aromatic rings. The SMILES string of the molecule is CCN(CC(C)C(N)=S)C(=O)CC(C)COC. The molecule has 0 heterocycles. The minimum Gasteiger partial charge on any atom is -0.393 e. The lowest BCUT2D eigenvalue weighted by molar-refractivity contribution is -0.132. The number of carbonyl (C=O) groups excluding carboxylic acids is 1. The summed E-state index contributed by atoms with van der Waals surface area (Å²) in [6.07, 6.45) is 0.506. The summed E-state index contributed by atoms with van der Waals surface area (Å²) >= 11 is 4.92. The van der Waals surface area contributed by atoms with E-state index < -0.39 is 0 Å². The van der Waals surface area contributed by atoms with Crippen LogP contribution in [-0.4, -0.2) is 42.6 Å². The van der Waals surface area contributed by atoms with Crippen molar-refractivity contribution < 1.29 is 9.53 Å². The lowest BCUT2D eigenvalue weighted by atomic mass is 10.1. The zero-order valence-electron chi connectivity index (χ0n) is 11.2. The van der Waals surface area contributed by atoms with Crippen molar-refractivity contribution in [1.29, 1.82) is 0 Å². The first-order chi connectivity index (χ1) is 7.92. The Labute approximate surface area is 109 Å². The number of nitrogens with zero attached hydrogens (tertiary/aromatic N) is 1. The predicted molar refractivity (Wildman–Crippen MR) is 73.9 cm³/mol. The molecule has 2 N–H and O–H groups in total. The van der Waals surface area contributed by atoms with Crippen LogP contribution in [0.25, 0.3) is 0 Å². The number of ether oxygens (including phenoxy) is 1. The van der Waals surface area contributed by atoms with Crippen LogP contribution in [-0.2, 0) is 9.53 Å². The number of hydrogen-bond acceptors (Lipinski definition) is 3. The molecule has 0 spiro atoms. The van der Waals surface area contributed by atoms with E-state index in [0.717, 1.165) is 0 Å². The molecule has 0 bridgehead atoms. The number of nitrogens with two attached hydrogens (primary N) is 1. The summed E-state index contributed by atoms with van der Waals surface area (Å²) in [6.45, 7) is 7.80. The van der Waals surface area contributed by atoms with Gasteiger partial charge in [0.2, 0.25) is 5.91 Å². The maximum absolute atomic E-state index is 12.0. The van der Waals surface area contributed by atoms with Gasteiger partial charge in [0.25, 0.3) is 0 Å². The van der Waals surface area contributed by atoms with Crippen LogP contribution >= 0.6 is 12.2 Å². The number of thiocarbonyl (C=S) groups is 1. The van der Waals surface area contributed by atoms with Crippen LogP contribution in [0.15, 0.2) is 0 Å². The molecule has 0 saturated heterocycles. The summed E-state index contributed by atoms with van der Waals surface area (Å²) in [7, 11) is 1.65. The Bertz CT molecular complexity index is 259. The largest absolute Gasteiger partial charge is 0.393 e. The van der Waals surface area contributed by atoms with E-state index >= 15 is 0 Å². The van der Waals surface area contributed by atoms with Gasteiger partial charge >= 0.3 is 0 Å². The number of amides is 1. The monoisotopic (exact) mass is 260 g/mol. The van der Waals surface area contributed by atoms with Crippen molar-refractivity contribution in [2.24, 2.45) is 17.6 Å². The van der Waals surface area contributed by atoms with E-state index in [4.69, 9.17) is 22.7 Å². The lowest BCUT2D eigenvalue weighted by Crippen LogP contribution is -2.38. The molecule has 5 heteroatoms. The second-order valence-corrected chi connectivity index (χ2v) is 4.97. The van der Waals surface area contributed by atoms with Crippen molar-refractivity contribution in [2.45, 2.75) is 27.2 Å². The second-order valence-electron chi connectivity index (χ2n) is 4.50. The molecule has 0 aromatic carbocycles. The van der Waals surface area contributed by atoms with Gasteiger partial charge in [-0.2, -0.15) is 0 Å². The number of methoxy groups -OCH3 is 1. The van der Waals surface area contributed by atoms with Crippen molar-refractivity contribution in [3.05, 3.63) is 0 Å². The fourth-order valence-electron chi connectivity index (χ4n) is 1.60. The number of carbonyl (C=O) groups is 1. The molecule has 0 aliphatic carbocycles. The molecule has 0 aliphatic rings. The number of hydrogen-bond donors (Lipinski definition) is 1. The Morgan fingerprint density at radius 2 is 2.06 bits per heavy atom. The maximum atomic E-state index is 12.0. The first-order valence-electron chi connectivity index (χ1n) is 5.98. The van der Waals surface area contributed by atoms with Crippen molar-refractivity contribution in [3.8, 4) is 0 Å². The van der Waals surface area contributed by atoms with Gasteiger partial charge < -0.3 is 15.4 Å². The second kappa shape index (κ2) is 8.42. The van der Waals surface area contributed by atoms with Crippen LogP contribution in [0.4, 0.5) is 0 Å². The molecule has 0 fully saturated rings. The smallest absolute Gasteiger partial charge is 0.222 e. The topological polar surface area (TPSA) is 55.6 Å². The Morgan fingerprint density at radius 1 is 1.47 bits per heavy atom. The molecule has 2 atom stereocenters.